The predicted molar refractivity (Wildman–Crippen MR) is 52.1 cm³/mol. The molecular weight excluding hydrogens is 238 g/mol. The van der Waals surface area contributed by atoms with E-state index in [1.54, 1.807) is 0 Å². The van der Waals surface area contributed by atoms with Crippen molar-refractivity contribution >= 4 is 22.8 Å². The normalized spacial score (nSPS) is 43.8. The third-order valence-electron chi connectivity index (χ3n) is 2.84. The highest BCUT2D eigenvalue weighted by molar-refractivity contribution is 8.16. The van der Waals surface area contributed by atoms with E-state index in [4.69, 9.17) is 5.11 Å². The minimum atomic E-state index is -1.48. The van der Waals surface area contributed by atoms with Crippen molar-refractivity contribution in [3.05, 3.63) is 0 Å². The van der Waals surface area contributed by atoms with Crippen molar-refractivity contribution in [2.45, 2.75) is 29.7 Å². The van der Waals surface area contributed by atoms with Gasteiger partial charge in [-0.1, -0.05) is 0 Å². The number of hydrogen-bond donors (Lipinski definition) is 4. The molecule has 8 heteroatoms. The van der Waals surface area contributed by atoms with E-state index in [9.17, 15) is 24.9 Å². The molecule has 0 aliphatic carbocycles. The van der Waals surface area contributed by atoms with Crippen LogP contribution in [0.3, 0.4) is 0 Å². The van der Waals surface area contributed by atoms with Crippen LogP contribution in [0.4, 0.5) is 0 Å². The molecule has 2 saturated heterocycles. The van der Waals surface area contributed by atoms with E-state index in [0.717, 1.165) is 4.90 Å². The van der Waals surface area contributed by atoms with Gasteiger partial charge in [0.2, 0.25) is 0 Å². The largest absolute Gasteiger partial charge is 0.394 e. The fourth-order valence-electron chi connectivity index (χ4n) is 1.97. The number of fused-ring (bicyclic) bond motifs is 1. The molecule has 0 aromatic rings. The zero-order valence-corrected chi connectivity index (χ0v) is 8.87. The van der Waals surface area contributed by atoms with E-state index in [1.807, 2.05) is 0 Å². The molecule has 2 aliphatic rings. The van der Waals surface area contributed by atoms with Gasteiger partial charge in [-0.15, -0.1) is 0 Å². The van der Waals surface area contributed by atoms with Gasteiger partial charge >= 0.3 is 5.91 Å². The lowest BCUT2D eigenvalue weighted by Crippen LogP contribution is -2.65. The van der Waals surface area contributed by atoms with Crippen molar-refractivity contribution in [1.82, 2.24) is 4.90 Å². The minimum absolute atomic E-state index is 0.582. The lowest BCUT2D eigenvalue weighted by Gasteiger charge is -2.44. The van der Waals surface area contributed by atoms with Gasteiger partial charge in [-0.25, -0.2) is 0 Å². The Labute approximate surface area is 94.7 Å². The second kappa shape index (κ2) is 3.97. The van der Waals surface area contributed by atoms with Crippen LogP contribution in [0.15, 0.2) is 0 Å². The van der Waals surface area contributed by atoms with Crippen molar-refractivity contribution in [3.8, 4) is 0 Å². The molecule has 0 aromatic carbocycles. The molecule has 2 fully saturated rings. The van der Waals surface area contributed by atoms with Gasteiger partial charge in [0, 0.05) is 0 Å². The summed E-state index contributed by atoms with van der Waals surface area (Å²) in [6.45, 7) is -0.582. The van der Waals surface area contributed by atoms with Crippen LogP contribution < -0.4 is 0 Å². The van der Waals surface area contributed by atoms with E-state index < -0.39 is 47.4 Å². The molecule has 0 spiro atoms. The standard InChI is InChI=1S/C8H11NO6S/c10-1-2-3(11)4(12)5(13)7-9(2)6(14)8(15)16-7/h2-5,7,10-13H,1H2/t2-,3+,4-,5-,7+/m0/s1. The number of hydrogen-bond acceptors (Lipinski definition) is 7. The second-order valence-electron chi connectivity index (χ2n) is 3.73. The maximum absolute atomic E-state index is 11.4. The smallest absolute Gasteiger partial charge is 0.302 e. The van der Waals surface area contributed by atoms with E-state index in [0.29, 0.717) is 11.8 Å². The van der Waals surface area contributed by atoms with Gasteiger partial charge in [-0.05, 0) is 11.8 Å². The second-order valence-corrected chi connectivity index (χ2v) is 4.82. The first-order chi connectivity index (χ1) is 7.49. The van der Waals surface area contributed by atoms with E-state index >= 15 is 0 Å². The summed E-state index contributed by atoms with van der Waals surface area (Å²) in [6.07, 6.45) is -4.35. The number of aliphatic hydroxyl groups excluding tert-OH is 4. The fourth-order valence-corrected chi connectivity index (χ4v) is 3.06. The van der Waals surface area contributed by atoms with Crippen LogP contribution in [0.1, 0.15) is 0 Å². The number of piperidine rings is 1. The zero-order valence-electron chi connectivity index (χ0n) is 8.05. The van der Waals surface area contributed by atoms with Gasteiger partial charge in [0.1, 0.15) is 23.7 Å². The minimum Gasteiger partial charge on any atom is -0.394 e. The van der Waals surface area contributed by atoms with Crippen LogP contribution in [0.5, 0.6) is 0 Å². The molecule has 0 bridgehead atoms. The van der Waals surface area contributed by atoms with E-state index in [1.165, 1.54) is 0 Å². The molecule has 5 atom stereocenters. The Kier molecular flexibility index (Phi) is 2.93. The van der Waals surface area contributed by atoms with Crippen LogP contribution in [0.25, 0.3) is 0 Å². The number of aliphatic hydroxyl groups is 4. The molecule has 2 rings (SSSR count). The molecule has 1 amide bonds. The molecule has 16 heavy (non-hydrogen) atoms. The monoisotopic (exact) mass is 249 g/mol. The Morgan fingerprint density at radius 2 is 1.75 bits per heavy atom. The fraction of sp³-hybridized carbons (Fsp3) is 0.750. The van der Waals surface area contributed by atoms with Gasteiger partial charge in [0.05, 0.1) is 12.6 Å². The molecule has 0 saturated carbocycles. The highest BCUT2D eigenvalue weighted by atomic mass is 32.2. The highest BCUT2D eigenvalue weighted by Crippen LogP contribution is 2.37. The zero-order chi connectivity index (χ0) is 12.0. The van der Waals surface area contributed by atoms with Crippen molar-refractivity contribution < 1.29 is 30.0 Å². The number of nitrogens with zero attached hydrogens (tertiary/aromatic N) is 1. The summed E-state index contributed by atoms with van der Waals surface area (Å²) < 4.78 is 0. The van der Waals surface area contributed by atoms with Crippen LogP contribution >= 0.6 is 11.8 Å². The number of carbonyl (C=O) groups excluding carboxylic acids is 2. The Morgan fingerprint density at radius 3 is 2.31 bits per heavy atom. The molecule has 0 aromatic heterocycles. The first-order valence-electron chi connectivity index (χ1n) is 4.67. The average molecular weight is 249 g/mol. The summed E-state index contributed by atoms with van der Waals surface area (Å²) in [5.74, 6) is -0.862. The van der Waals surface area contributed by atoms with Crippen molar-refractivity contribution in [2.24, 2.45) is 0 Å². The van der Waals surface area contributed by atoms with E-state index in [2.05, 4.69) is 0 Å². The van der Waals surface area contributed by atoms with E-state index in [-0.39, 0.29) is 0 Å². The summed E-state index contributed by atoms with van der Waals surface area (Å²) >= 11 is 0.596. The lowest BCUT2D eigenvalue weighted by atomic mass is 9.94. The molecule has 4 N–H and O–H groups in total. The van der Waals surface area contributed by atoms with Crippen LogP contribution in [-0.2, 0) is 9.59 Å². The quantitative estimate of drug-likeness (QED) is 0.363. The number of carbonyl (C=O) groups is 2. The maximum atomic E-state index is 11.4. The number of rotatable bonds is 1. The molecule has 0 radical (unpaired) electrons. The first kappa shape index (κ1) is 11.8. The van der Waals surface area contributed by atoms with Crippen molar-refractivity contribution in [1.29, 1.82) is 0 Å². The summed E-state index contributed by atoms with van der Waals surface area (Å²) in [4.78, 5) is 23.6. The molecule has 7 nitrogen and oxygen atoms in total. The van der Waals surface area contributed by atoms with Crippen LogP contribution in [-0.4, -0.2) is 72.7 Å². The Hall–Kier alpha value is -0.670. The summed E-state index contributed by atoms with van der Waals surface area (Å²) in [5.41, 5.74) is 0. The molecule has 90 valence electrons. The summed E-state index contributed by atoms with van der Waals surface area (Å²) in [6, 6.07) is -1.06. The van der Waals surface area contributed by atoms with Crippen LogP contribution in [0, 0.1) is 0 Å². The Bertz CT molecular complexity index is 336. The highest BCUT2D eigenvalue weighted by Gasteiger charge is 2.55. The van der Waals surface area contributed by atoms with Gasteiger partial charge in [0.25, 0.3) is 5.12 Å². The van der Waals surface area contributed by atoms with Crippen molar-refractivity contribution in [3.63, 3.8) is 0 Å². The van der Waals surface area contributed by atoms with Crippen molar-refractivity contribution in [2.75, 3.05) is 6.61 Å². The predicted octanol–water partition coefficient (Wildman–Crippen LogP) is -3.13. The van der Waals surface area contributed by atoms with Gasteiger partial charge < -0.3 is 25.3 Å². The lowest BCUT2D eigenvalue weighted by molar-refractivity contribution is -0.168. The topological polar surface area (TPSA) is 118 Å². The molecule has 2 aliphatic heterocycles. The third-order valence-corrected chi connectivity index (χ3v) is 3.98. The summed E-state index contributed by atoms with van der Waals surface area (Å²) in [5, 5.41) is 36.0. The van der Waals surface area contributed by atoms with Crippen LogP contribution in [0.2, 0.25) is 0 Å². The molecule has 2 heterocycles. The molecular formula is C8H11NO6S. The number of amides is 1. The Balaban J connectivity index is 2.35. The Morgan fingerprint density at radius 1 is 1.12 bits per heavy atom. The first-order valence-corrected chi connectivity index (χ1v) is 5.55. The SMILES string of the molecule is O=C1S[C@@H]2[C@@H](O)[C@@H](O)[C@H](O)[C@H](CO)N2C1=O. The molecule has 0 unspecified atom stereocenters. The van der Waals surface area contributed by atoms with Gasteiger partial charge in [0.15, 0.2) is 0 Å². The number of thioether (sulfide) groups is 1. The maximum Gasteiger partial charge on any atom is 0.302 e. The van der Waals surface area contributed by atoms with Gasteiger partial charge in [-0.2, -0.15) is 0 Å². The summed E-state index contributed by atoms with van der Waals surface area (Å²) in [7, 11) is 0. The van der Waals surface area contributed by atoms with Gasteiger partial charge in [-0.3, -0.25) is 9.59 Å². The average Bonchev–Trinajstić information content (AvgIpc) is 2.55. The third kappa shape index (κ3) is 1.45.